The average Bonchev–Trinajstić information content (AvgIpc) is 3.35. The second kappa shape index (κ2) is 13.4. The summed E-state index contributed by atoms with van der Waals surface area (Å²) in [7, 11) is 1.59. The van der Waals surface area contributed by atoms with Crippen LogP contribution in [0.2, 0.25) is 0 Å². The summed E-state index contributed by atoms with van der Waals surface area (Å²) >= 11 is 0. The summed E-state index contributed by atoms with van der Waals surface area (Å²) in [6, 6.07) is 11.1. The lowest BCUT2D eigenvalue weighted by atomic mass is 9.96. The van der Waals surface area contributed by atoms with E-state index in [0.717, 1.165) is 31.4 Å². The monoisotopic (exact) mass is 562 g/mol. The number of carbonyl (C=O) groups is 1. The lowest BCUT2D eigenvalue weighted by Crippen LogP contribution is -2.34. The Morgan fingerprint density at radius 2 is 1.98 bits per heavy atom. The van der Waals surface area contributed by atoms with Gasteiger partial charge in [-0.1, -0.05) is 26.8 Å². The largest absolute Gasteiger partial charge is 0.493 e. The van der Waals surface area contributed by atoms with Gasteiger partial charge in [-0.05, 0) is 49.6 Å². The minimum absolute atomic E-state index is 0.0347. The van der Waals surface area contributed by atoms with Gasteiger partial charge in [0.25, 0.3) is 0 Å². The predicted octanol–water partition coefficient (Wildman–Crippen LogP) is 5.38. The molecule has 0 atom stereocenters. The SMILES string of the molecule is [CH2]CN(CCCOc1cc2ncnc(Nc3cc(CC(=O)Nc4cccc(F)c4)[nH]n3)c2cc1OC)CC(C)(C)C. The number of amides is 1. The highest BCUT2D eigenvalue weighted by Crippen LogP contribution is 2.34. The second-order valence-corrected chi connectivity index (χ2v) is 10.9. The fourth-order valence-electron chi connectivity index (χ4n) is 4.43. The predicted molar refractivity (Wildman–Crippen MR) is 158 cm³/mol. The molecule has 0 saturated carbocycles. The van der Waals surface area contributed by atoms with Crippen molar-refractivity contribution in [3.63, 3.8) is 0 Å². The number of aromatic nitrogens is 4. The van der Waals surface area contributed by atoms with E-state index in [-0.39, 0.29) is 17.7 Å². The van der Waals surface area contributed by atoms with Crippen molar-refractivity contribution in [3.8, 4) is 11.5 Å². The Kier molecular flexibility index (Phi) is 9.72. The van der Waals surface area contributed by atoms with Crippen LogP contribution in [0.3, 0.4) is 0 Å². The highest BCUT2D eigenvalue weighted by Gasteiger charge is 2.16. The Labute approximate surface area is 239 Å². The van der Waals surface area contributed by atoms with Gasteiger partial charge in [-0.25, -0.2) is 14.4 Å². The standard InChI is InChI=1S/C30H37FN7O3/c1-6-38(18-30(2,3)4)11-8-12-41-26-17-24-23(16-25(26)40-5)29(33-19-32-24)35-27-14-22(36-37-27)15-28(39)34-21-10-7-9-20(31)13-21/h7,9-10,13-14,16-17,19H,1,6,8,11-12,15,18H2,2-5H3,(H,34,39)(H2,32,33,35,36,37). The number of halogens is 1. The van der Waals surface area contributed by atoms with Gasteiger partial charge in [0, 0.05) is 42.0 Å². The molecule has 217 valence electrons. The molecule has 2 aromatic heterocycles. The summed E-state index contributed by atoms with van der Waals surface area (Å²) < 4.78 is 25.1. The molecular weight excluding hydrogens is 525 g/mol. The first-order chi connectivity index (χ1) is 19.6. The number of aromatic amines is 1. The van der Waals surface area contributed by atoms with E-state index < -0.39 is 5.82 Å². The Morgan fingerprint density at radius 3 is 2.71 bits per heavy atom. The third-order valence-corrected chi connectivity index (χ3v) is 6.15. The maximum Gasteiger partial charge on any atom is 0.230 e. The lowest BCUT2D eigenvalue weighted by Gasteiger charge is -2.28. The summed E-state index contributed by atoms with van der Waals surface area (Å²) in [5.41, 5.74) is 1.85. The third kappa shape index (κ3) is 8.62. The third-order valence-electron chi connectivity index (χ3n) is 6.15. The van der Waals surface area contributed by atoms with E-state index in [4.69, 9.17) is 9.47 Å². The van der Waals surface area contributed by atoms with E-state index in [2.05, 4.69) is 63.4 Å². The van der Waals surface area contributed by atoms with Crippen LogP contribution in [0.25, 0.3) is 10.9 Å². The molecule has 3 N–H and O–H groups in total. The minimum atomic E-state index is -0.420. The summed E-state index contributed by atoms with van der Waals surface area (Å²) in [6.45, 7) is 13.9. The van der Waals surface area contributed by atoms with E-state index in [1.54, 1.807) is 19.2 Å². The number of fused-ring (bicyclic) bond motifs is 1. The van der Waals surface area contributed by atoms with Crippen molar-refractivity contribution in [2.75, 3.05) is 44.0 Å². The van der Waals surface area contributed by atoms with Crippen molar-refractivity contribution in [2.45, 2.75) is 33.6 Å². The first-order valence-corrected chi connectivity index (χ1v) is 13.5. The van der Waals surface area contributed by atoms with E-state index in [0.29, 0.717) is 46.6 Å². The van der Waals surface area contributed by atoms with Crippen LogP contribution >= 0.6 is 0 Å². The van der Waals surface area contributed by atoms with Crippen LogP contribution in [0, 0.1) is 18.2 Å². The van der Waals surface area contributed by atoms with Gasteiger partial charge in [-0.3, -0.25) is 9.89 Å². The Balaban J connectivity index is 1.39. The number of rotatable bonds is 13. The van der Waals surface area contributed by atoms with E-state index in [1.807, 2.05) is 12.1 Å². The maximum atomic E-state index is 13.4. The van der Waals surface area contributed by atoms with Crippen molar-refractivity contribution in [2.24, 2.45) is 5.41 Å². The topological polar surface area (TPSA) is 117 Å². The first-order valence-electron chi connectivity index (χ1n) is 13.5. The molecule has 0 unspecified atom stereocenters. The maximum absolute atomic E-state index is 13.4. The minimum Gasteiger partial charge on any atom is -0.493 e. The molecule has 0 bridgehead atoms. The fourth-order valence-corrected chi connectivity index (χ4v) is 4.43. The number of methoxy groups -OCH3 is 1. The molecule has 0 spiro atoms. The first kappa shape index (κ1) is 29.7. The summed E-state index contributed by atoms with van der Waals surface area (Å²) in [5, 5.41) is 13.7. The number of hydrogen-bond donors (Lipinski definition) is 3. The number of ether oxygens (including phenoxy) is 2. The number of nitrogens with one attached hydrogen (secondary N) is 3. The molecule has 0 saturated heterocycles. The van der Waals surface area contributed by atoms with Crippen molar-refractivity contribution < 1.29 is 18.7 Å². The summed E-state index contributed by atoms with van der Waals surface area (Å²) in [5.74, 6) is 1.45. The molecule has 4 rings (SSSR count). The average molecular weight is 563 g/mol. The molecule has 0 aliphatic rings. The van der Waals surface area contributed by atoms with Gasteiger partial charge in [0.2, 0.25) is 5.91 Å². The zero-order chi connectivity index (χ0) is 29.4. The Hall–Kier alpha value is -4.25. The lowest BCUT2D eigenvalue weighted by molar-refractivity contribution is -0.115. The van der Waals surface area contributed by atoms with Gasteiger partial charge in [-0.15, -0.1) is 0 Å². The number of anilines is 3. The molecule has 11 heteroatoms. The van der Waals surface area contributed by atoms with E-state index in [1.165, 1.54) is 24.5 Å². The smallest absolute Gasteiger partial charge is 0.230 e. The number of carbonyl (C=O) groups excluding carboxylic acids is 1. The molecule has 1 amide bonds. The normalized spacial score (nSPS) is 11.6. The van der Waals surface area contributed by atoms with Crippen LogP contribution in [-0.4, -0.2) is 64.3 Å². The van der Waals surface area contributed by atoms with Gasteiger partial charge >= 0.3 is 0 Å². The molecule has 1 radical (unpaired) electrons. The molecule has 41 heavy (non-hydrogen) atoms. The molecule has 2 aromatic carbocycles. The molecular formula is C30H37FN7O3. The van der Waals surface area contributed by atoms with Gasteiger partial charge in [-0.2, -0.15) is 5.10 Å². The van der Waals surface area contributed by atoms with Crippen molar-refractivity contribution >= 4 is 34.1 Å². The Bertz CT molecular complexity index is 1470. The van der Waals surface area contributed by atoms with E-state index >= 15 is 0 Å². The van der Waals surface area contributed by atoms with Gasteiger partial charge in [0.05, 0.1) is 25.7 Å². The highest BCUT2D eigenvalue weighted by atomic mass is 19.1. The molecule has 4 aromatic rings. The van der Waals surface area contributed by atoms with Gasteiger partial charge in [0.15, 0.2) is 17.3 Å². The highest BCUT2D eigenvalue weighted by molar-refractivity contribution is 5.93. The van der Waals surface area contributed by atoms with Crippen molar-refractivity contribution in [1.82, 2.24) is 25.1 Å². The van der Waals surface area contributed by atoms with Crippen LogP contribution in [0.5, 0.6) is 11.5 Å². The Morgan fingerprint density at radius 1 is 1.15 bits per heavy atom. The van der Waals surface area contributed by atoms with Crippen LogP contribution in [0.4, 0.5) is 21.7 Å². The zero-order valence-corrected chi connectivity index (χ0v) is 24.0. The molecule has 10 nitrogen and oxygen atoms in total. The zero-order valence-electron chi connectivity index (χ0n) is 24.0. The van der Waals surface area contributed by atoms with Gasteiger partial charge in [0.1, 0.15) is 18.0 Å². The quantitative estimate of drug-likeness (QED) is 0.186. The second-order valence-electron chi connectivity index (χ2n) is 10.9. The summed E-state index contributed by atoms with van der Waals surface area (Å²) in [6.07, 6.45) is 2.34. The van der Waals surface area contributed by atoms with Crippen molar-refractivity contribution in [3.05, 3.63) is 67.2 Å². The molecule has 0 aliphatic heterocycles. The van der Waals surface area contributed by atoms with Gasteiger partial charge < -0.3 is 25.0 Å². The number of benzene rings is 2. The number of H-pyrrole nitrogens is 1. The van der Waals surface area contributed by atoms with Crippen LogP contribution < -0.4 is 20.1 Å². The number of nitrogens with zero attached hydrogens (tertiary/aromatic N) is 4. The van der Waals surface area contributed by atoms with E-state index in [9.17, 15) is 9.18 Å². The summed E-state index contributed by atoms with van der Waals surface area (Å²) in [4.78, 5) is 23.5. The van der Waals surface area contributed by atoms with Crippen LogP contribution in [0.15, 0.2) is 48.8 Å². The van der Waals surface area contributed by atoms with Crippen LogP contribution in [-0.2, 0) is 11.2 Å². The molecule has 0 aliphatic carbocycles. The molecule has 0 fully saturated rings. The van der Waals surface area contributed by atoms with Crippen molar-refractivity contribution in [1.29, 1.82) is 0 Å². The fraction of sp³-hybridized carbons (Fsp3) is 0.367. The molecule has 2 heterocycles. The number of hydrogen-bond acceptors (Lipinski definition) is 8. The van der Waals surface area contributed by atoms with Crippen LogP contribution in [0.1, 0.15) is 32.9 Å².